The van der Waals surface area contributed by atoms with Gasteiger partial charge in [-0.2, -0.15) is 4.72 Å². The van der Waals surface area contributed by atoms with Gasteiger partial charge in [-0.25, -0.2) is 12.8 Å². The second-order valence-corrected chi connectivity index (χ2v) is 9.01. The van der Waals surface area contributed by atoms with Gasteiger partial charge in [-0.05, 0) is 61.2 Å². The normalized spacial score (nSPS) is 13.8. The number of hydrogen-bond acceptors (Lipinski definition) is 4. The Labute approximate surface area is 175 Å². The van der Waals surface area contributed by atoms with Crippen LogP contribution in [0.3, 0.4) is 0 Å². The lowest BCUT2D eigenvalue weighted by atomic mass is 9.88. The summed E-state index contributed by atoms with van der Waals surface area (Å²) in [4.78, 5) is 11.8. The van der Waals surface area contributed by atoms with Gasteiger partial charge in [0.1, 0.15) is 16.8 Å². The second-order valence-electron chi connectivity index (χ2n) is 6.92. The summed E-state index contributed by atoms with van der Waals surface area (Å²) in [5.41, 5.74) is 2.31. The third kappa shape index (κ3) is 4.55. The van der Waals surface area contributed by atoms with E-state index in [-0.39, 0.29) is 16.1 Å². The number of hydrogen-bond donors (Lipinski definition) is 3. The van der Waals surface area contributed by atoms with Gasteiger partial charge in [0, 0.05) is 18.0 Å². The van der Waals surface area contributed by atoms with E-state index in [0.29, 0.717) is 16.1 Å². The molecular formula is C20H24ClFN2O4S. The molecular weight excluding hydrogens is 419 g/mol. The molecule has 158 valence electrons. The number of anilines is 1. The van der Waals surface area contributed by atoms with E-state index >= 15 is 0 Å². The molecule has 6 nitrogen and oxygen atoms in total. The number of aliphatic carboxylic acids is 1. The van der Waals surface area contributed by atoms with E-state index in [1.54, 1.807) is 33.9 Å². The molecule has 0 aliphatic heterocycles. The number of rotatable bonds is 7. The quantitative estimate of drug-likeness (QED) is 0.602. The van der Waals surface area contributed by atoms with Gasteiger partial charge in [0.25, 0.3) is 0 Å². The number of carboxylic acids is 1. The van der Waals surface area contributed by atoms with Crippen LogP contribution in [0.15, 0.2) is 29.2 Å². The summed E-state index contributed by atoms with van der Waals surface area (Å²) >= 11 is 6.06. The van der Waals surface area contributed by atoms with Gasteiger partial charge in [-0.3, -0.25) is 4.79 Å². The van der Waals surface area contributed by atoms with E-state index in [0.717, 1.165) is 5.56 Å². The van der Waals surface area contributed by atoms with Crippen LogP contribution in [0.2, 0.25) is 5.02 Å². The fourth-order valence-corrected chi connectivity index (χ4v) is 5.02. The minimum absolute atomic E-state index is 0.137. The van der Waals surface area contributed by atoms with Crippen molar-refractivity contribution < 1.29 is 22.7 Å². The van der Waals surface area contributed by atoms with Crippen molar-refractivity contribution in [3.63, 3.8) is 0 Å². The standard InChI is InChI=1S/C20H24ClFN2O4S/c1-10-6-8-15(22)17(11(10)2)13(4)19(20(25)26)24-29(27,28)16-9-7-14(21)12(3)18(16)23-5/h6-9,13,19,23-24H,1-5H3,(H,25,26)/t13-,19+/m1/s1. The van der Waals surface area contributed by atoms with Crippen molar-refractivity contribution in [3.05, 3.63) is 57.4 Å². The Morgan fingerprint density at radius 2 is 1.76 bits per heavy atom. The highest BCUT2D eigenvalue weighted by molar-refractivity contribution is 7.89. The molecule has 0 unspecified atom stereocenters. The Morgan fingerprint density at radius 3 is 2.31 bits per heavy atom. The molecule has 0 amide bonds. The monoisotopic (exact) mass is 442 g/mol. The van der Waals surface area contributed by atoms with Crippen LogP contribution in [0, 0.1) is 26.6 Å². The van der Waals surface area contributed by atoms with Crippen LogP contribution in [0.1, 0.15) is 35.1 Å². The predicted octanol–water partition coefficient (Wildman–Crippen LogP) is 3.98. The van der Waals surface area contributed by atoms with Gasteiger partial charge in [0.2, 0.25) is 10.0 Å². The Hall–Kier alpha value is -2.16. The molecule has 2 aromatic carbocycles. The number of carboxylic acid groups (broad SMARTS) is 1. The Morgan fingerprint density at radius 1 is 1.14 bits per heavy atom. The molecule has 0 radical (unpaired) electrons. The fraction of sp³-hybridized carbons (Fsp3) is 0.350. The average Bonchev–Trinajstić information content (AvgIpc) is 2.64. The highest BCUT2D eigenvalue weighted by Crippen LogP contribution is 2.32. The summed E-state index contributed by atoms with van der Waals surface area (Å²) in [6, 6.07) is 4.00. The lowest BCUT2D eigenvalue weighted by molar-refractivity contribution is -0.139. The van der Waals surface area contributed by atoms with Crippen LogP contribution in [0.25, 0.3) is 0 Å². The molecule has 0 aromatic heterocycles. The maximum absolute atomic E-state index is 14.5. The summed E-state index contributed by atoms with van der Waals surface area (Å²) in [7, 11) is -2.71. The van der Waals surface area contributed by atoms with Gasteiger partial charge < -0.3 is 10.4 Å². The van der Waals surface area contributed by atoms with Crippen molar-refractivity contribution in [2.45, 2.75) is 44.6 Å². The van der Waals surface area contributed by atoms with Crippen LogP contribution in [0.5, 0.6) is 0 Å². The van der Waals surface area contributed by atoms with Crippen molar-refractivity contribution in [3.8, 4) is 0 Å². The van der Waals surface area contributed by atoms with E-state index < -0.39 is 33.8 Å². The van der Waals surface area contributed by atoms with Crippen molar-refractivity contribution in [2.24, 2.45) is 0 Å². The minimum Gasteiger partial charge on any atom is -0.480 e. The maximum Gasteiger partial charge on any atom is 0.322 e. The Kier molecular flexibility index (Phi) is 6.93. The van der Waals surface area contributed by atoms with Gasteiger partial charge in [-0.1, -0.05) is 24.6 Å². The van der Waals surface area contributed by atoms with E-state index in [1.807, 2.05) is 0 Å². The first-order valence-corrected chi connectivity index (χ1v) is 10.8. The number of carbonyl (C=O) groups is 1. The summed E-state index contributed by atoms with van der Waals surface area (Å²) in [6.45, 7) is 6.59. The molecule has 0 fully saturated rings. The smallest absolute Gasteiger partial charge is 0.322 e. The summed E-state index contributed by atoms with van der Waals surface area (Å²) in [6.07, 6.45) is 0. The topological polar surface area (TPSA) is 95.5 Å². The first-order chi connectivity index (χ1) is 13.4. The van der Waals surface area contributed by atoms with Crippen molar-refractivity contribution in [1.29, 1.82) is 0 Å². The fourth-order valence-electron chi connectivity index (χ4n) is 3.32. The van der Waals surface area contributed by atoms with E-state index in [1.165, 1.54) is 25.1 Å². The van der Waals surface area contributed by atoms with Gasteiger partial charge in [0.15, 0.2) is 0 Å². The largest absolute Gasteiger partial charge is 0.480 e. The zero-order chi connectivity index (χ0) is 22.1. The molecule has 2 atom stereocenters. The molecule has 9 heteroatoms. The van der Waals surface area contributed by atoms with Gasteiger partial charge in [-0.15, -0.1) is 0 Å². The first kappa shape index (κ1) is 23.1. The molecule has 0 saturated heterocycles. The molecule has 0 saturated carbocycles. The van der Waals surface area contributed by atoms with E-state index in [9.17, 15) is 22.7 Å². The Bertz CT molecular complexity index is 1060. The SMILES string of the molecule is CNc1c(S(=O)(=O)N[C@H](C(=O)O)[C@H](C)c2c(F)ccc(C)c2C)ccc(Cl)c1C. The van der Waals surface area contributed by atoms with Crippen LogP contribution in [-0.2, 0) is 14.8 Å². The summed E-state index contributed by atoms with van der Waals surface area (Å²) < 4.78 is 42.7. The molecule has 0 heterocycles. The zero-order valence-corrected chi connectivity index (χ0v) is 18.4. The number of nitrogens with one attached hydrogen (secondary N) is 2. The van der Waals surface area contributed by atoms with E-state index in [2.05, 4.69) is 10.0 Å². The van der Waals surface area contributed by atoms with Crippen LogP contribution >= 0.6 is 11.6 Å². The molecule has 0 spiro atoms. The number of benzene rings is 2. The summed E-state index contributed by atoms with van der Waals surface area (Å²) in [5, 5.41) is 12.9. The number of sulfonamides is 1. The second kappa shape index (κ2) is 8.69. The molecule has 2 rings (SSSR count). The van der Waals surface area contributed by atoms with Crippen LogP contribution < -0.4 is 10.0 Å². The maximum atomic E-state index is 14.5. The van der Waals surface area contributed by atoms with Crippen LogP contribution in [0.4, 0.5) is 10.1 Å². The summed E-state index contributed by atoms with van der Waals surface area (Å²) in [5.74, 6) is -2.93. The van der Waals surface area contributed by atoms with Crippen molar-refractivity contribution in [2.75, 3.05) is 12.4 Å². The predicted molar refractivity (Wildman–Crippen MR) is 112 cm³/mol. The highest BCUT2D eigenvalue weighted by atomic mass is 35.5. The van der Waals surface area contributed by atoms with Crippen LogP contribution in [-0.4, -0.2) is 32.6 Å². The lowest BCUT2D eigenvalue weighted by Crippen LogP contribution is -2.44. The lowest BCUT2D eigenvalue weighted by Gasteiger charge is -2.25. The first-order valence-electron chi connectivity index (χ1n) is 8.90. The molecule has 0 aliphatic rings. The van der Waals surface area contributed by atoms with Gasteiger partial charge in [0.05, 0.1) is 5.69 Å². The molecule has 0 bridgehead atoms. The zero-order valence-electron chi connectivity index (χ0n) is 16.8. The Balaban J connectivity index is 2.53. The molecule has 2 aromatic rings. The molecule has 29 heavy (non-hydrogen) atoms. The molecule has 3 N–H and O–H groups in total. The third-order valence-corrected chi connectivity index (χ3v) is 7.03. The number of aryl methyl sites for hydroxylation is 1. The van der Waals surface area contributed by atoms with Crippen molar-refractivity contribution in [1.82, 2.24) is 4.72 Å². The number of halogens is 2. The van der Waals surface area contributed by atoms with Gasteiger partial charge >= 0.3 is 5.97 Å². The van der Waals surface area contributed by atoms with Crippen molar-refractivity contribution >= 4 is 33.3 Å². The average molecular weight is 443 g/mol. The van der Waals surface area contributed by atoms with E-state index in [4.69, 9.17) is 11.6 Å². The minimum atomic E-state index is -4.25. The third-order valence-electron chi connectivity index (χ3n) is 5.14. The highest BCUT2D eigenvalue weighted by Gasteiger charge is 2.34. The molecule has 0 aliphatic carbocycles.